The van der Waals surface area contributed by atoms with Crippen LogP contribution >= 0.6 is 27.5 Å². The first-order valence-electron chi connectivity index (χ1n) is 4.17. The molecule has 0 bridgehead atoms. The number of halogens is 3. The molecule has 0 spiro atoms. The molecule has 72 valence electrons. The van der Waals surface area contributed by atoms with E-state index in [1.807, 2.05) is 0 Å². The van der Waals surface area contributed by atoms with Crippen LogP contribution in [0, 0.1) is 5.82 Å². The zero-order chi connectivity index (χ0) is 9.68. The lowest BCUT2D eigenvalue weighted by Gasteiger charge is -2.05. The molecule has 0 heterocycles. The topological polar surface area (TPSA) is 0 Å². The molecule has 0 saturated carbocycles. The molecule has 0 aliphatic rings. The van der Waals surface area contributed by atoms with Gasteiger partial charge in [-0.3, -0.25) is 0 Å². The van der Waals surface area contributed by atoms with E-state index in [0.29, 0.717) is 5.88 Å². The van der Waals surface area contributed by atoms with E-state index in [0.717, 1.165) is 29.3 Å². The number of hydrogen-bond acceptors (Lipinski definition) is 0. The molecular weight excluding hydrogens is 254 g/mol. The molecule has 0 atom stereocenters. The van der Waals surface area contributed by atoms with Crippen molar-refractivity contribution in [2.45, 2.75) is 18.7 Å². The van der Waals surface area contributed by atoms with Crippen molar-refractivity contribution in [1.29, 1.82) is 0 Å². The van der Waals surface area contributed by atoms with Crippen LogP contribution in [-0.2, 0) is 12.3 Å². The highest BCUT2D eigenvalue weighted by atomic mass is 79.9. The molecule has 0 saturated heterocycles. The van der Waals surface area contributed by atoms with E-state index < -0.39 is 0 Å². The Kier molecular flexibility index (Phi) is 4.74. The molecule has 3 heteroatoms. The fraction of sp³-hybridized carbons (Fsp3) is 0.400. The molecule has 0 amide bonds. The first-order valence-corrected chi connectivity index (χ1v) is 5.82. The lowest BCUT2D eigenvalue weighted by molar-refractivity contribution is 0.624. The van der Waals surface area contributed by atoms with Crippen molar-refractivity contribution in [2.75, 3.05) is 5.33 Å². The zero-order valence-electron chi connectivity index (χ0n) is 7.19. The number of rotatable bonds is 4. The maximum Gasteiger partial charge on any atom is 0.123 e. The van der Waals surface area contributed by atoms with Gasteiger partial charge in [-0.2, -0.15) is 0 Å². The van der Waals surface area contributed by atoms with Crippen LogP contribution in [0.4, 0.5) is 4.39 Å². The van der Waals surface area contributed by atoms with Crippen LogP contribution in [0.25, 0.3) is 0 Å². The summed E-state index contributed by atoms with van der Waals surface area (Å²) in [5, 5.41) is 0.936. The van der Waals surface area contributed by atoms with Gasteiger partial charge in [0.25, 0.3) is 0 Å². The minimum Gasteiger partial charge on any atom is -0.207 e. The van der Waals surface area contributed by atoms with E-state index in [2.05, 4.69) is 15.9 Å². The van der Waals surface area contributed by atoms with Crippen LogP contribution in [0.15, 0.2) is 18.2 Å². The Hall–Kier alpha value is -0.0800. The molecule has 0 nitrogen and oxygen atoms in total. The Balaban J connectivity index is 2.81. The van der Waals surface area contributed by atoms with Gasteiger partial charge >= 0.3 is 0 Å². The Morgan fingerprint density at radius 2 is 2.08 bits per heavy atom. The largest absolute Gasteiger partial charge is 0.207 e. The van der Waals surface area contributed by atoms with Crippen LogP contribution in [0.5, 0.6) is 0 Å². The van der Waals surface area contributed by atoms with E-state index in [1.165, 1.54) is 6.07 Å². The standard InChI is InChI=1S/C10H11BrClF/c11-5-1-2-8-6-10(13)4-3-9(8)7-12/h3-4,6H,1-2,5,7H2. The van der Waals surface area contributed by atoms with Crippen LogP contribution in [0.3, 0.4) is 0 Å². The van der Waals surface area contributed by atoms with E-state index >= 15 is 0 Å². The summed E-state index contributed by atoms with van der Waals surface area (Å²) in [6.07, 6.45) is 1.89. The van der Waals surface area contributed by atoms with Gasteiger partial charge in [0.15, 0.2) is 0 Å². The van der Waals surface area contributed by atoms with Gasteiger partial charge in [-0.15, -0.1) is 11.6 Å². The van der Waals surface area contributed by atoms with Crippen LogP contribution in [-0.4, -0.2) is 5.33 Å². The summed E-state index contributed by atoms with van der Waals surface area (Å²) in [5.74, 6) is 0.274. The molecule has 0 aliphatic carbocycles. The highest BCUT2D eigenvalue weighted by Gasteiger charge is 2.02. The molecule has 13 heavy (non-hydrogen) atoms. The Morgan fingerprint density at radius 1 is 1.31 bits per heavy atom. The van der Waals surface area contributed by atoms with Gasteiger partial charge in [-0.25, -0.2) is 4.39 Å². The minimum absolute atomic E-state index is 0.182. The van der Waals surface area contributed by atoms with Gasteiger partial charge in [0.1, 0.15) is 5.82 Å². The molecule has 0 aromatic heterocycles. The lowest BCUT2D eigenvalue weighted by Crippen LogP contribution is -1.94. The molecule has 1 aromatic carbocycles. The third-order valence-electron chi connectivity index (χ3n) is 1.89. The summed E-state index contributed by atoms with van der Waals surface area (Å²) in [6, 6.07) is 4.78. The summed E-state index contributed by atoms with van der Waals surface area (Å²) in [6.45, 7) is 0. The second-order valence-electron chi connectivity index (χ2n) is 2.84. The minimum atomic E-state index is -0.182. The van der Waals surface area contributed by atoms with Crippen molar-refractivity contribution < 1.29 is 4.39 Å². The maximum absolute atomic E-state index is 12.9. The molecule has 0 fully saturated rings. The molecule has 0 radical (unpaired) electrons. The average Bonchev–Trinajstić information content (AvgIpc) is 2.15. The molecule has 0 unspecified atom stereocenters. The lowest BCUT2D eigenvalue weighted by atomic mass is 10.0. The van der Waals surface area contributed by atoms with E-state index in [1.54, 1.807) is 12.1 Å². The number of benzene rings is 1. The van der Waals surface area contributed by atoms with Gasteiger partial charge in [0, 0.05) is 11.2 Å². The maximum atomic E-state index is 12.9. The molecule has 0 N–H and O–H groups in total. The first kappa shape index (κ1) is 11.0. The van der Waals surface area contributed by atoms with E-state index in [4.69, 9.17) is 11.6 Å². The SMILES string of the molecule is Fc1ccc(CCl)c(CCCBr)c1. The molecule has 0 aliphatic heterocycles. The Morgan fingerprint density at radius 3 is 2.69 bits per heavy atom. The van der Waals surface area contributed by atoms with Gasteiger partial charge in [0.05, 0.1) is 0 Å². The van der Waals surface area contributed by atoms with Crippen molar-refractivity contribution in [1.82, 2.24) is 0 Å². The van der Waals surface area contributed by atoms with Crippen LogP contribution < -0.4 is 0 Å². The smallest absolute Gasteiger partial charge is 0.123 e. The van der Waals surface area contributed by atoms with Gasteiger partial charge in [-0.05, 0) is 36.1 Å². The van der Waals surface area contributed by atoms with Gasteiger partial charge in [0.2, 0.25) is 0 Å². The Labute approximate surface area is 91.2 Å². The number of alkyl halides is 2. The predicted molar refractivity (Wildman–Crippen MR) is 58.1 cm³/mol. The highest BCUT2D eigenvalue weighted by molar-refractivity contribution is 9.09. The number of hydrogen-bond donors (Lipinski definition) is 0. The summed E-state index contributed by atoms with van der Waals surface area (Å²) in [4.78, 5) is 0. The fourth-order valence-electron chi connectivity index (χ4n) is 1.21. The van der Waals surface area contributed by atoms with Crippen molar-refractivity contribution in [2.24, 2.45) is 0 Å². The third kappa shape index (κ3) is 3.28. The highest BCUT2D eigenvalue weighted by Crippen LogP contribution is 2.15. The summed E-state index contributed by atoms with van der Waals surface area (Å²) >= 11 is 9.07. The molecular formula is C10H11BrClF. The summed E-state index contributed by atoms with van der Waals surface area (Å²) in [7, 11) is 0. The van der Waals surface area contributed by atoms with Gasteiger partial charge < -0.3 is 0 Å². The Bertz CT molecular complexity index is 276. The van der Waals surface area contributed by atoms with Crippen molar-refractivity contribution in [3.05, 3.63) is 35.1 Å². The van der Waals surface area contributed by atoms with E-state index in [-0.39, 0.29) is 5.82 Å². The molecule has 1 rings (SSSR count). The van der Waals surface area contributed by atoms with E-state index in [9.17, 15) is 4.39 Å². The van der Waals surface area contributed by atoms with Crippen molar-refractivity contribution in [3.8, 4) is 0 Å². The van der Waals surface area contributed by atoms with Crippen LogP contribution in [0.1, 0.15) is 17.5 Å². The summed E-state index contributed by atoms with van der Waals surface area (Å²) in [5.41, 5.74) is 2.05. The summed E-state index contributed by atoms with van der Waals surface area (Å²) < 4.78 is 12.9. The second kappa shape index (κ2) is 5.61. The first-order chi connectivity index (χ1) is 6.27. The molecule has 1 aromatic rings. The normalized spacial score (nSPS) is 10.4. The zero-order valence-corrected chi connectivity index (χ0v) is 9.54. The quantitative estimate of drug-likeness (QED) is 0.725. The number of aryl methyl sites for hydroxylation is 1. The predicted octanol–water partition coefficient (Wildman–Crippen LogP) is 3.89. The van der Waals surface area contributed by atoms with Crippen molar-refractivity contribution in [3.63, 3.8) is 0 Å². The average molecular weight is 266 g/mol. The van der Waals surface area contributed by atoms with Crippen molar-refractivity contribution >= 4 is 27.5 Å². The monoisotopic (exact) mass is 264 g/mol. The fourth-order valence-corrected chi connectivity index (χ4v) is 1.76. The second-order valence-corrected chi connectivity index (χ2v) is 3.90. The third-order valence-corrected chi connectivity index (χ3v) is 2.74. The van der Waals surface area contributed by atoms with Crippen LogP contribution in [0.2, 0.25) is 0 Å². The van der Waals surface area contributed by atoms with Gasteiger partial charge in [-0.1, -0.05) is 22.0 Å².